The van der Waals surface area contributed by atoms with Crippen molar-refractivity contribution in [1.29, 1.82) is 0 Å². The fourth-order valence-corrected chi connectivity index (χ4v) is 9.58. The second kappa shape index (κ2) is 9.56. The number of halogens is 2. The molecule has 0 spiro atoms. The van der Waals surface area contributed by atoms with Gasteiger partial charge in [-0.25, -0.2) is 4.39 Å². The first-order valence-corrected chi connectivity index (χ1v) is 13.4. The molecule has 2 aromatic carbocycles. The van der Waals surface area contributed by atoms with Crippen LogP contribution in [0.15, 0.2) is 60.7 Å². The fraction of sp³-hybridized carbons (Fsp3) is 0.478. The molecule has 0 aliphatic carbocycles. The molecule has 1 heterocycles. The molecule has 0 N–H and O–H groups in total. The maximum absolute atomic E-state index is 15.5. The van der Waals surface area contributed by atoms with Crippen molar-refractivity contribution < 1.29 is 18.3 Å². The lowest BCUT2D eigenvalue weighted by atomic mass is 10.0. The molecule has 29 heavy (non-hydrogen) atoms. The van der Waals surface area contributed by atoms with Crippen molar-refractivity contribution in [2.45, 2.75) is 56.9 Å². The minimum absolute atomic E-state index is 0.198. The van der Waals surface area contributed by atoms with E-state index in [1.165, 1.54) is 0 Å². The highest BCUT2D eigenvalue weighted by molar-refractivity contribution is 14.1. The van der Waals surface area contributed by atoms with Gasteiger partial charge in [0, 0.05) is 18.0 Å². The lowest BCUT2D eigenvalue weighted by Crippen LogP contribution is -2.69. The summed E-state index contributed by atoms with van der Waals surface area (Å²) in [6, 6.07) is 20.7. The predicted octanol–water partition coefficient (Wildman–Crippen LogP) is 4.47. The van der Waals surface area contributed by atoms with Crippen molar-refractivity contribution >= 4 is 41.3 Å². The van der Waals surface area contributed by atoms with Crippen LogP contribution in [0, 0.1) is 0 Å². The van der Waals surface area contributed by atoms with Gasteiger partial charge in [0.1, 0.15) is 6.10 Å². The van der Waals surface area contributed by atoms with Gasteiger partial charge in [-0.2, -0.15) is 0 Å². The van der Waals surface area contributed by atoms with E-state index in [4.69, 9.17) is 13.9 Å². The van der Waals surface area contributed by atoms with Gasteiger partial charge < -0.3 is 13.9 Å². The molecule has 1 aliphatic rings. The van der Waals surface area contributed by atoms with Gasteiger partial charge in [0.2, 0.25) is 0 Å². The van der Waals surface area contributed by atoms with Crippen LogP contribution in [0.1, 0.15) is 27.2 Å². The van der Waals surface area contributed by atoms with Gasteiger partial charge in [-0.3, -0.25) is 0 Å². The van der Waals surface area contributed by atoms with Gasteiger partial charge in [-0.1, -0.05) is 104 Å². The highest BCUT2D eigenvalue weighted by atomic mass is 127. The first-order valence-electron chi connectivity index (χ1n) is 10.0. The monoisotopic (exact) mass is 528 g/mol. The smallest absolute Gasteiger partial charge is 0.261 e. The van der Waals surface area contributed by atoms with Gasteiger partial charge >= 0.3 is 0 Å². The third kappa shape index (κ3) is 4.61. The summed E-state index contributed by atoms with van der Waals surface area (Å²) in [6.45, 7) is 6.61. The first-order chi connectivity index (χ1) is 13.8. The van der Waals surface area contributed by atoms with Gasteiger partial charge in [0.15, 0.2) is 12.5 Å². The van der Waals surface area contributed by atoms with E-state index < -0.39 is 33.0 Å². The standard InChI is InChI=1S/C23H30FIO3Si/c1-23(2,3)29(17-11-7-5-8-12-17,18-13-9-6-10-14-18)28-19-15-21(26-4)27-20(16-25)22(19)24/h5-14,19-22H,15-16H2,1-4H3/t19-,20+,21-,22+/m0/s1. The zero-order valence-electron chi connectivity index (χ0n) is 17.5. The number of methoxy groups -OCH3 is 1. The molecule has 0 saturated carbocycles. The summed E-state index contributed by atoms with van der Waals surface area (Å²) in [5.74, 6) is 0. The number of hydrogen-bond acceptors (Lipinski definition) is 3. The molecular weight excluding hydrogens is 498 g/mol. The van der Waals surface area contributed by atoms with Crippen molar-refractivity contribution in [3.8, 4) is 0 Å². The molecule has 4 atom stereocenters. The van der Waals surface area contributed by atoms with E-state index in [1.807, 2.05) is 36.4 Å². The molecular formula is C23H30FIO3Si. The third-order valence-electron chi connectivity index (χ3n) is 5.62. The normalized spacial score (nSPS) is 25.7. The van der Waals surface area contributed by atoms with Crippen LogP contribution in [0.3, 0.4) is 0 Å². The number of benzene rings is 2. The predicted molar refractivity (Wildman–Crippen MR) is 127 cm³/mol. The zero-order chi connectivity index (χ0) is 21.1. The third-order valence-corrected chi connectivity index (χ3v) is 11.6. The average Bonchev–Trinajstić information content (AvgIpc) is 2.73. The summed E-state index contributed by atoms with van der Waals surface area (Å²) in [6.07, 6.45) is -2.38. The second-order valence-electron chi connectivity index (χ2n) is 8.49. The fourth-order valence-electron chi connectivity index (χ4n) is 4.19. The van der Waals surface area contributed by atoms with Gasteiger partial charge in [-0.05, 0) is 15.4 Å². The van der Waals surface area contributed by atoms with Crippen LogP contribution in [-0.4, -0.2) is 44.5 Å². The molecule has 158 valence electrons. The Labute approximate surface area is 188 Å². The largest absolute Gasteiger partial charge is 0.401 e. The number of alkyl halides is 2. The van der Waals surface area contributed by atoms with Crippen LogP contribution >= 0.6 is 22.6 Å². The van der Waals surface area contributed by atoms with Crippen LogP contribution in [0.2, 0.25) is 5.04 Å². The van der Waals surface area contributed by atoms with E-state index >= 15 is 4.39 Å². The topological polar surface area (TPSA) is 27.7 Å². The van der Waals surface area contributed by atoms with E-state index in [0.717, 1.165) is 10.4 Å². The number of ether oxygens (including phenoxy) is 2. The minimum Gasteiger partial charge on any atom is -0.401 e. The van der Waals surface area contributed by atoms with E-state index in [2.05, 4.69) is 67.6 Å². The van der Waals surface area contributed by atoms with Crippen LogP contribution < -0.4 is 10.4 Å². The summed E-state index contributed by atoms with van der Waals surface area (Å²) in [5, 5.41) is 2.10. The highest BCUT2D eigenvalue weighted by Gasteiger charge is 2.54. The van der Waals surface area contributed by atoms with Crippen LogP contribution in [0.5, 0.6) is 0 Å². The summed E-state index contributed by atoms with van der Waals surface area (Å²) < 4.78 is 34.3. The van der Waals surface area contributed by atoms with Crippen molar-refractivity contribution in [2.24, 2.45) is 0 Å². The molecule has 1 aliphatic heterocycles. The molecule has 0 unspecified atom stereocenters. The summed E-state index contributed by atoms with van der Waals surface area (Å²) >= 11 is 2.17. The summed E-state index contributed by atoms with van der Waals surface area (Å²) in [4.78, 5) is 0. The maximum Gasteiger partial charge on any atom is 0.261 e. The first kappa shape index (κ1) is 22.9. The minimum atomic E-state index is -2.82. The Hall–Kier alpha value is -0.803. The number of rotatable bonds is 6. The lowest BCUT2D eigenvalue weighted by molar-refractivity contribution is -0.218. The maximum atomic E-state index is 15.5. The van der Waals surface area contributed by atoms with E-state index in [1.54, 1.807) is 7.11 Å². The summed E-state index contributed by atoms with van der Waals surface area (Å²) in [7, 11) is -1.21. The Morgan fingerprint density at radius 1 is 1.03 bits per heavy atom. The SMILES string of the molecule is CO[C@@H]1C[C@H](O[Si](c2ccccc2)(c2ccccc2)C(C)(C)C)[C@@H](F)[C@@H](CI)O1. The average molecular weight is 528 g/mol. The molecule has 3 nitrogen and oxygen atoms in total. The van der Waals surface area contributed by atoms with Crippen molar-refractivity contribution in [3.63, 3.8) is 0 Å². The van der Waals surface area contributed by atoms with Crippen molar-refractivity contribution in [3.05, 3.63) is 60.7 Å². The highest BCUT2D eigenvalue weighted by Crippen LogP contribution is 2.40. The molecule has 0 amide bonds. The van der Waals surface area contributed by atoms with E-state index in [9.17, 15) is 0 Å². The molecule has 0 radical (unpaired) electrons. The molecule has 1 saturated heterocycles. The van der Waals surface area contributed by atoms with Crippen molar-refractivity contribution in [2.75, 3.05) is 11.5 Å². The van der Waals surface area contributed by atoms with Gasteiger partial charge in [-0.15, -0.1) is 0 Å². The van der Waals surface area contributed by atoms with Crippen LogP contribution in [0.4, 0.5) is 4.39 Å². The summed E-state index contributed by atoms with van der Waals surface area (Å²) in [5.41, 5.74) is 0. The Morgan fingerprint density at radius 3 is 1.97 bits per heavy atom. The molecule has 1 fully saturated rings. The second-order valence-corrected chi connectivity index (χ2v) is 13.6. The lowest BCUT2D eigenvalue weighted by Gasteiger charge is -2.48. The molecule has 0 aromatic heterocycles. The van der Waals surface area contributed by atoms with Gasteiger partial charge in [0.25, 0.3) is 8.32 Å². The Kier molecular flexibility index (Phi) is 7.54. The molecule has 3 rings (SSSR count). The molecule has 6 heteroatoms. The molecule has 2 aromatic rings. The molecule has 0 bridgehead atoms. The number of hydrogen-bond donors (Lipinski definition) is 0. The van der Waals surface area contributed by atoms with Crippen LogP contribution in [0.25, 0.3) is 0 Å². The zero-order valence-corrected chi connectivity index (χ0v) is 20.6. The van der Waals surface area contributed by atoms with Crippen LogP contribution in [-0.2, 0) is 13.9 Å². The quantitative estimate of drug-likeness (QED) is 0.315. The van der Waals surface area contributed by atoms with E-state index in [-0.39, 0.29) is 5.04 Å². The Morgan fingerprint density at radius 2 is 1.55 bits per heavy atom. The Bertz CT molecular complexity index is 729. The van der Waals surface area contributed by atoms with Gasteiger partial charge in [0.05, 0.1) is 6.10 Å². The Balaban J connectivity index is 2.13. The van der Waals surface area contributed by atoms with Crippen molar-refractivity contribution in [1.82, 2.24) is 0 Å². The van der Waals surface area contributed by atoms with E-state index in [0.29, 0.717) is 10.8 Å².